The molecule has 0 bridgehead atoms. The predicted octanol–water partition coefficient (Wildman–Crippen LogP) is 3.54. The van der Waals surface area contributed by atoms with E-state index in [-0.39, 0.29) is 23.3 Å². The predicted molar refractivity (Wildman–Crippen MR) is 115 cm³/mol. The van der Waals surface area contributed by atoms with Gasteiger partial charge in [0.1, 0.15) is 11.5 Å². The van der Waals surface area contributed by atoms with E-state index in [0.717, 1.165) is 19.4 Å². The maximum Gasteiger partial charge on any atom is 0.258 e. The summed E-state index contributed by atoms with van der Waals surface area (Å²) in [7, 11) is 0. The second-order valence-corrected chi connectivity index (χ2v) is 7.83. The van der Waals surface area contributed by atoms with Gasteiger partial charge in [0.15, 0.2) is 0 Å². The number of carbonyl (C=O) groups is 1. The Hall–Kier alpha value is -3.81. The van der Waals surface area contributed by atoms with E-state index in [1.54, 1.807) is 36.5 Å². The molecular formula is C23H20FN5O2. The lowest BCUT2D eigenvalue weighted by molar-refractivity contribution is 0.0747. The number of fused-ring (bicyclic) bond motifs is 1. The number of H-pyrrole nitrogens is 1. The number of benzene rings is 2. The summed E-state index contributed by atoms with van der Waals surface area (Å²) in [4.78, 5) is 29.8. The van der Waals surface area contributed by atoms with Crippen molar-refractivity contribution in [3.8, 4) is 16.9 Å². The van der Waals surface area contributed by atoms with Gasteiger partial charge >= 0.3 is 0 Å². The van der Waals surface area contributed by atoms with Crippen LogP contribution >= 0.6 is 0 Å². The summed E-state index contributed by atoms with van der Waals surface area (Å²) in [5, 5.41) is 8.79. The summed E-state index contributed by atoms with van der Waals surface area (Å²) in [6, 6.07) is 13.2. The van der Waals surface area contributed by atoms with Crippen LogP contribution in [0.4, 0.5) is 4.39 Å². The average Bonchev–Trinajstić information content (AvgIpc) is 3.42. The van der Waals surface area contributed by atoms with Gasteiger partial charge in [-0.15, -0.1) is 5.10 Å². The molecule has 5 rings (SSSR count). The minimum absolute atomic E-state index is 0.0331. The first-order chi connectivity index (χ1) is 15.0. The highest BCUT2D eigenvalue weighted by Gasteiger charge is 2.25. The molecule has 0 spiro atoms. The minimum atomic E-state index is -0.382. The molecule has 1 atom stereocenters. The minimum Gasteiger partial charge on any atom is -0.336 e. The maximum absolute atomic E-state index is 13.6. The molecule has 0 saturated carbocycles. The summed E-state index contributed by atoms with van der Waals surface area (Å²) in [5.74, 6) is -0.349. The molecule has 1 saturated heterocycles. The zero-order valence-electron chi connectivity index (χ0n) is 16.9. The number of nitrogens with one attached hydrogen (secondary N) is 1. The summed E-state index contributed by atoms with van der Waals surface area (Å²) < 4.78 is 15.1. The van der Waals surface area contributed by atoms with Crippen LogP contribution in [0.25, 0.3) is 27.8 Å². The molecule has 1 amide bonds. The van der Waals surface area contributed by atoms with Crippen molar-refractivity contribution in [1.82, 2.24) is 24.9 Å². The molecule has 4 aromatic rings. The fraction of sp³-hybridized carbons (Fsp3) is 0.217. The second-order valence-electron chi connectivity index (χ2n) is 7.83. The molecule has 8 heteroatoms. The Balaban J connectivity index is 1.43. The zero-order valence-corrected chi connectivity index (χ0v) is 16.9. The van der Waals surface area contributed by atoms with Crippen LogP contribution in [0.5, 0.6) is 0 Å². The van der Waals surface area contributed by atoms with Gasteiger partial charge in [0.25, 0.3) is 11.5 Å². The van der Waals surface area contributed by atoms with Crippen molar-refractivity contribution in [3.05, 3.63) is 76.5 Å². The van der Waals surface area contributed by atoms with Crippen molar-refractivity contribution in [1.29, 1.82) is 0 Å². The van der Waals surface area contributed by atoms with Crippen LogP contribution in [0.15, 0.2) is 59.5 Å². The molecular weight excluding hydrogens is 397 g/mol. The number of aromatic nitrogens is 4. The van der Waals surface area contributed by atoms with Crippen molar-refractivity contribution < 1.29 is 9.18 Å². The van der Waals surface area contributed by atoms with Gasteiger partial charge in [-0.05, 0) is 68.3 Å². The number of pyridine rings is 1. The van der Waals surface area contributed by atoms with Gasteiger partial charge in [-0.2, -0.15) is 0 Å². The molecule has 1 aliphatic heterocycles. The van der Waals surface area contributed by atoms with Crippen LogP contribution in [-0.4, -0.2) is 43.4 Å². The first kappa shape index (κ1) is 19.2. The van der Waals surface area contributed by atoms with Crippen molar-refractivity contribution in [2.45, 2.75) is 25.8 Å². The van der Waals surface area contributed by atoms with Gasteiger partial charge in [0.2, 0.25) is 0 Å². The van der Waals surface area contributed by atoms with E-state index in [9.17, 15) is 14.0 Å². The number of hydrogen-bond donors (Lipinski definition) is 1. The number of carbonyl (C=O) groups excluding carboxylic acids is 1. The molecule has 1 aliphatic rings. The van der Waals surface area contributed by atoms with Gasteiger partial charge in [-0.3, -0.25) is 9.59 Å². The van der Waals surface area contributed by atoms with E-state index in [1.807, 2.05) is 4.90 Å². The Bertz CT molecular complexity index is 1340. The lowest BCUT2D eigenvalue weighted by atomic mass is 10.1. The normalized spacial score (nSPS) is 16.2. The number of likely N-dealkylation sites (tertiary alicyclic amines) is 1. The van der Waals surface area contributed by atoms with Crippen LogP contribution in [0, 0.1) is 5.82 Å². The van der Waals surface area contributed by atoms with E-state index in [4.69, 9.17) is 0 Å². The fourth-order valence-electron chi connectivity index (χ4n) is 4.04. The fourth-order valence-corrected chi connectivity index (χ4v) is 4.04. The SMILES string of the molecule is CC1CCCN1C(=O)c1ccc(-n2cc(-c3cc4cc(F)ccc4[nH]c3=O)nn2)cc1. The smallest absolute Gasteiger partial charge is 0.258 e. The van der Waals surface area contributed by atoms with Crippen molar-refractivity contribution in [2.24, 2.45) is 0 Å². The molecule has 1 fully saturated rings. The van der Waals surface area contributed by atoms with Crippen LogP contribution in [0.2, 0.25) is 0 Å². The first-order valence-corrected chi connectivity index (χ1v) is 10.2. The molecule has 2 aromatic heterocycles. The number of rotatable bonds is 3. The Morgan fingerprint density at radius 3 is 2.71 bits per heavy atom. The third kappa shape index (κ3) is 3.50. The quantitative estimate of drug-likeness (QED) is 0.553. The van der Waals surface area contributed by atoms with Crippen LogP contribution in [-0.2, 0) is 0 Å². The molecule has 3 heterocycles. The van der Waals surface area contributed by atoms with Crippen LogP contribution < -0.4 is 5.56 Å². The van der Waals surface area contributed by atoms with Crippen molar-refractivity contribution >= 4 is 16.8 Å². The third-order valence-electron chi connectivity index (χ3n) is 5.77. The van der Waals surface area contributed by atoms with E-state index < -0.39 is 0 Å². The third-order valence-corrected chi connectivity index (χ3v) is 5.77. The molecule has 156 valence electrons. The standard InChI is InChI=1S/C23H20FN5O2/c1-14-3-2-10-28(14)23(31)15-4-7-18(8-5-15)29-13-21(26-27-29)19-12-16-11-17(24)6-9-20(16)25-22(19)30/h4-9,11-14H,2-3,10H2,1H3,(H,25,30). The molecule has 2 aromatic carbocycles. The highest BCUT2D eigenvalue weighted by atomic mass is 19.1. The van der Waals surface area contributed by atoms with E-state index in [2.05, 4.69) is 22.2 Å². The van der Waals surface area contributed by atoms with E-state index >= 15 is 0 Å². The monoisotopic (exact) mass is 417 g/mol. The van der Waals surface area contributed by atoms with Gasteiger partial charge in [-0.1, -0.05) is 5.21 Å². The average molecular weight is 417 g/mol. The largest absolute Gasteiger partial charge is 0.336 e. The lowest BCUT2D eigenvalue weighted by Crippen LogP contribution is -2.33. The van der Waals surface area contributed by atoms with Gasteiger partial charge in [0.05, 0.1) is 17.4 Å². The van der Waals surface area contributed by atoms with Crippen LogP contribution in [0.3, 0.4) is 0 Å². The summed E-state index contributed by atoms with van der Waals surface area (Å²) in [5.41, 5.74) is 2.25. The number of amides is 1. The zero-order chi connectivity index (χ0) is 21.5. The summed E-state index contributed by atoms with van der Waals surface area (Å²) in [6.07, 6.45) is 3.70. The molecule has 31 heavy (non-hydrogen) atoms. The molecule has 1 unspecified atom stereocenters. The van der Waals surface area contributed by atoms with Crippen molar-refractivity contribution in [3.63, 3.8) is 0 Å². The van der Waals surface area contributed by atoms with Crippen LogP contribution in [0.1, 0.15) is 30.1 Å². The Labute approximate surface area is 177 Å². The number of aromatic amines is 1. The number of hydrogen-bond acceptors (Lipinski definition) is 4. The molecule has 7 nitrogen and oxygen atoms in total. The van der Waals surface area contributed by atoms with E-state index in [1.165, 1.54) is 22.9 Å². The van der Waals surface area contributed by atoms with Gasteiger partial charge < -0.3 is 9.88 Å². The van der Waals surface area contributed by atoms with Crippen molar-refractivity contribution in [2.75, 3.05) is 6.54 Å². The number of halogens is 1. The molecule has 0 radical (unpaired) electrons. The lowest BCUT2D eigenvalue weighted by Gasteiger charge is -2.21. The number of nitrogens with zero attached hydrogens (tertiary/aromatic N) is 4. The molecule has 1 N–H and O–H groups in total. The topological polar surface area (TPSA) is 83.9 Å². The first-order valence-electron chi connectivity index (χ1n) is 10.2. The highest BCUT2D eigenvalue weighted by Crippen LogP contribution is 2.22. The summed E-state index contributed by atoms with van der Waals surface area (Å²) >= 11 is 0. The Morgan fingerprint density at radius 2 is 1.97 bits per heavy atom. The highest BCUT2D eigenvalue weighted by molar-refractivity contribution is 5.94. The summed E-state index contributed by atoms with van der Waals surface area (Å²) in [6.45, 7) is 2.86. The maximum atomic E-state index is 13.6. The Kier molecular flexibility index (Phi) is 4.62. The van der Waals surface area contributed by atoms with Gasteiger partial charge in [-0.25, -0.2) is 9.07 Å². The second kappa shape index (κ2) is 7.46. The van der Waals surface area contributed by atoms with Gasteiger partial charge in [0, 0.05) is 29.1 Å². The van der Waals surface area contributed by atoms with E-state index in [0.29, 0.717) is 33.4 Å². The molecule has 0 aliphatic carbocycles. The Morgan fingerprint density at radius 1 is 1.16 bits per heavy atom.